The van der Waals surface area contributed by atoms with Crippen LogP contribution in [0.4, 0.5) is 0 Å². The Morgan fingerprint density at radius 3 is 2.47 bits per heavy atom. The molecule has 1 rings (SSSR count). The molecule has 19 heavy (non-hydrogen) atoms. The van der Waals surface area contributed by atoms with E-state index in [0.29, 0.717) is 6.04 Å². The summed E-state index contributed by atoms with van der Waals surface area (Å²) in [7, 11) is -3.64. The third-order valence-electron chi connectivity index (χ3n) is 2.42. The van der Waals surface area contributed by atoms with Crippen LogP contribution in [0.3, 0.4) is 0 Å². The smallest absolute Gasteiger partial charge is 0.321 e. The molecule has 0 amide bonds. The van der Waals surface area contributed by atoms with E-state index < -0.39 is 39.0 Å². The van der Waals surface area contributed by atoms with Crippen LogP contribution in [0.1, 0.15) is 33.6 Å². The number of hydrogen-bond acceptors (Lipinski definition) is 6. The molecule has 0 spiro atoms. The van der Waals surface area contributed by atoms with Gasteiger partial charge in [0.25, 0.3) is 0 Å². The molecule has 7 heteroatoms. The van der Waals surface area contributed by atoms with Crippen LogP contribution in [-0.4, -0.2) is 55.3 Å². The molecular formula is C12H23NO5S. The Morgan fingerprint density at radius 2 is 2.00 bits per heavy atom. The molecule has 0 heterocycles. The monoisotopic (exact) mass is 293 g/mol. The molecule has 6 nitrogen and oxygen atoms in total. The van der Waals surface area contributed by atoms with Crippen LogP contribution < -0.4 is 5.32 Å². The zero-order valence-corrected chi connectivity index (χ0v) is 12.5. The lowest BCUT2D eigenvalue weighted by atomic mass is 10.2. The molecule has 1 unspecified atom stereocenters. The highest BCUT2D eigenvalue weighted by Gasteiger charge is 2.26. The van der Waals surface area contributed by atoms with Gasteiger partial charge < -0.3 is 15.2 Å². The van der Waals surface area contributed by atoms with Gasteiger partial charge in [0.2, 0.25) is 0 Å². The summed E-state index contributed by atoms with van der Waals surface area (Å²) >= 11 is 0. The van der Waals surface area contributed by atoms with Gasteiger partial charge >= 0.3 is 5.97 Å². The number of carbonyl (C=O) groups excluding carboxylic acids is 1. The molecule has 1 saturated carbocycles. The van der Waals surface area contributed by atoms with Crippen LogP contribution in [0.5, 0.6) is 0 Å². The second kappa shape index (κ2) is 6.19. The summed E-state index contributed by atoms with van der Waals surface area (Å²) in [5, 5.41) is 12.7. The molecule has 0 aromatic carbocycles. The number of rotatable bonds is 7. The summed E-state index contributed by atoms with van der Waals surface area (Å²) in [4.78, 5) is 11.4. The molecule has 1 fully saturated rings. The Hall–Kier alpha value is -0.660. The zero-order chi connectivity index (χ0) is 14.7. The van der Waals surface area contributed by atoms with Crippen LogP contribution in [0.2, 0.25) is 0 Å². The van der Waals surface area contributed by atoms with E-state index in [4.69, 9.17) is 4.74 Å². The lowest BCUT2D eigenvalue weighted by Gasteiger charge is -2.19. The Bertz CT molecular complexity index is 408. The van der Waals surface area contributed by atoms with E-state index in [0.717, 1.165) is 12.8 Å². The molecule has 0 radical (unpaired) electrons. The van der Waals surface area contributed by atoms with Crippen molar-refractivity contribution in [3.63, 3.8) is 0 Å². The first-order valence-corrected chi connectivity index (χ1v) is 8.23. The van der Waals surface area contributed by atoms with Crippen molar-refractivity contribution < 1.29 is 23.1 Å². The number of hydrogen-bond donors (Lipinski definition) is 2. The van der Waals surface area contributed by atoms with E-state index in [2.05, 4.69) is 5.32 Å². The highest BCUT2D eigenvalue weighted by Crippen LogP contribution is 2.18. The Balaban J connectivity index is 2.35. The van der Waals surface area contributed by atoms with E-state index in [9.17, 15) is 18.3 Å². The maximum atomic E-state index is 11.7. The second-order valence-corrected chi connectivity index (χ2v) is 8.09. The molecule has 1 aliphatic rings. The number of esters is 1. The first kappa shape index (κ1) is 16.4. The molecule has 0 aromatic rings. The van der Waals surface area contributed by atoms with Crippen molar-refractivity contribution in [3.8, 4) is 0 Å². The minimum atomic E-state index is -3.64. The average Bonchev–Trinajstić information content (AvgIpc) is 2.91. The molecule has 0 aliphatic heterocycles. The predicted octanol–water partition coefficient (Wildman–Crippen LogP) is -0.144. The van der Waals surface area contributed by atoms with E-state index in [-0.39, 0.29) is 6.54 Å². The van der Waals surface area contributed by atoms with Crippen molar-refractivity contribution in [2.75, 3.05) is 18.1 Å². The van der Waals surface area contributed by atoms with Crippen LogP contribution in [0, 0.1) is 0 Å². The zero-order valence-electron chi connectivity index (χ0n) is 11.7. The fraction of sp³-hybridized carbons (Fsp3) is 0.917. The van der Waals surface area contributed by atoms with Gasteiger partial charge in [0.15, 0.2) is 9.84 Å². The van der Waals surface area contributed by atoms with E-state index in [1.807, 2.05) is 0 Å². The predicted molar refractivity (Wildman–Crippen MR) is 71.5 cm³/mol. The maximum Gasteiger partial charge on any atom is 0.321 e. The minimum absolute atomic E-state index is 0.234. The van der Waals surface area contributed by atoms with E-state index in [1.165, 1.54) is 0 Å². The average molecular weight is 293 g/mol. The van der Waals surface area contributed by atoms with Gasteiger partial charge in [0.1, 0.15) is 11.4 Å². The van der Waals surface area contributed by atoms with Gasteiger partial charge in [-0.3, -0.25) is 4.79 Å². The number of aliphatic hydroxyl groups is 1. The van der Waals surface area contributed by atoms with Crippen molar-refractivity contribution in [1.82, 2.24) is 5.32 Å². The van der Waals surface area contributed by atoms with Gasteiger partial charge in [-0.05, 0) is 33.6 Å². The summed E-state index contributed by atoms with van der Waals surface area (Å²) in [6.07, 6.45) is 1.14. The number of ether oxygens (including phenoxy) is 1. The van der Waals surface area contributed by atoms with Crippen molar-refractivity contribution in [2.24, 2.45) is 0 Å². The molecule has 112 valence electrons. The number of nitrogens with one attached hydrogen (secondary N) is 1. The number of carbonyl (C=O) groups is 1. The first-order chi connectivity index (χ1) is 8.57. The third kappa shape index (κ3) is 8.18. The van der Waals surface area contributed by atoms with Crippen molar-refractivity contribution in [2.45, 2.75) is 51.4 Å². The molecule has 0 bridgehead atoms. The van der Waals surface area contributed by atoms with Crippen molar-refractivity contribution in [1.29, 1.82) is 0 Å². The van der Waals surface area contributed by atoms with Gasteiger partial charge in [0, 0.05) is 12.6 Å². The number of aliphatic hydroxyl groups excluding tert-OH is 1. The van der Waals surface area contributed by atoms with Gasteiger partial charge in [-0.1, -0.05) is 0 Å². The van der Waals surface area contributed by atoms with Crippen LogP contribution in [-0.2, 0) is 19.4 Å². The molecule has 2 N–H and O–H groups in total. The second-order valence-electron chi connectivity index (χ2n) is 5.98. The molecular weight excluding hydrogens is 270 g/mol. The topological polar surface area (TPSA) is 92.7 Å². The lowest BCUT2D eigenvalue weighted by Crippen LogP contribution is -2.36. The van der Waals surface area contributed by atoms with Gasteiger partial charge in [0.05, 0.1) is 11.9 Å². The van der Waals surface area contributed by atoms with E-state index in [1.54, 1.807) is 20.8 Å². The van der Waals surface area contributed by atoms with E-state index >= 15 is 0 Å². The fourth-order valence-electron chi connectivity index (χ4n) is 1.55. The molecule has 1 aliphatic carbocycles. The SMILES string of the molecule is CC(C)(C)OC(=O)CS(=O)(=O)CC(O)CNC1CC1. The van der Waals surface area contributed by atoms with Crippen LogP contribution in [0.25, 0.3) is 0 Å². The quantitative estimate of drug-likeness (QED) is 0.635. The highest BCUT2D eigenvalue weighted by molar-refractivity contribution is 7.92. The van der Waals surface area contributed by atoms with Gasteiger partial charge in [-0.25, -0.2) is 8.42 Å². The summed E-state index contributed by atoms with van der Waals surface area (Å²) in [5.41, 5.74) is -0.710. The third-order valence-corrected chi connectivity index (χ3v) is 3.99. The van der Waals surface area contributed by atoms with Gasteiger partial charge in [-0.2, -0.15) is 0 Å². The minimum Gasteiger partial charge on any atom is -0.459 e. The largest absolute Gasteiger partial charge is 0.459 e. The lowest BCUT2D eigenvalue weighted by molar-refractivity contribution is -0.151. The van der Waals surface area contributed by atoms with Crippen LogP contribution in [0.15, 0.2) is 0 Å². The normalized spacial score (nSPS) is 18.1. The number of sulfone groups is 1. The Morgan fingerprint density at radius 1 is 1.42 bits per heavy atom. The van der Waals surface area contributed by atoms with Crippen molar-refractivity contribution in [3.05, 3.63) is 0 Å². The van der Waals surface area contributed by atoms with Gasteiger partial charge in [-0.15, -0.1) is 0 Å². The summed E-state index contributed by atoms with van der Waals surface area (Å²) in [6.45, 7) is 5.25. The standard InChI is InChI=1S/C12H23NO5S/c1-12(2,3)18-11(15)8-19(16,17)7-10(14)6-13-9-4-5-9/h9-10,13-14H,4-8H2,1-3H3. The summed E-state index contributed by atoms with van der Waals surface area (Å²) in [5.74, 6) is -1.90. The summed E-state index contributed by atoms with van der Waals surface area (Å²) < 4.78 is 28.4. The fourth-order valence-corrected chi connectivity index (χ4v) is 2.79. The molecule has 1 atom stereocenters. The molecule has 0 saturated heterocycles. The molecule has 0 aromatic heterocycles. The van der Waals surface area contributed by atoms with Crippen molar-refractivity contribution >= 4 is 15.8 Å². The maximum absolute atomic E-state index is 11.7. The Kier molecular flexibility index (Phi) is 5.34. The van der Waals surface area contributed by atoms with Crippen LogP contribution >= 0.6 is 0 Å². The highest BCUT2D eigenvalue weighted by atomic mass is 32.2. The first-order valence-electron chi connectivity index (χ1n) is 6.41. The Labute approximate surface area is 114 Å². The summed E-state index contributed by atoms with van der Waals surface area (Å²) in [6, 6.07) is 0.406.